The standard InChI is InChI=1S/C7H10N2O2S/c1-4(2)3-5-6(7(10)11)9-12-8-5/h4H,3H2,1-2H3,(H,10,11). The average Bonchev–Trinajstić information content (AvgIpc) is 2.33. The predicted octanol–water partition coefficient (Wildman–Crippen LogP) is 1.43. The van der Waals surface area contributed by atoms with Crippen LogP contribution in [0.3, 0.4) is 0 Å². The summed E-state index contributed by atoms with van der Waals surface area (Å²) in [5, 5.41) is 8.67. The molecule has 0 amide bonds. The van der Waals surface area contributed by atoms with Gasteiger partial charge >= 0.3 is 5.97 Å². The van der Waals surface area contributed by atoms with Crippen molar-refractivity contribution in [3.8, 4) is 0 Å². The molecule has 0 saturated carbocycles. The second-order valence-electron chi connectivity index (χ2n) is 2.96. The number of hydrogen-bond donors (Lipinski definition) is 1. The Balaban J connectivity index is 2.84. The van der Waals surface area contributed by atoms with Crippen molar-refractivity contribution < 1.29 is 9.90 Å². The summed E-state index contributed by atoms with van der Waals surface area (Å²) >= 11 is 0.956. The topological polar surface area (TPSA) is 63.1 Å². The molecule has 12 heavy (non-hydrogen) atoms. The molecule has 0 aliphatic heterocycles. The maximum absolute atomic E-state index is 10.6. The minimum atomic E-state index is -0.987. The van der Waals surface area contributed by atoms with Gasteiger partial charge in [0.05, 0.1) is 17.4 Å². The van der Waals surface area contributed by atoms with Crippen molar-refractivity contribution in [1.82, 2.24) is 8.75 Å². The monoisotopic (exact) mass is 186 g/mol. The molecule has 1 aromatic rings. The maximum atomic E-state index is 10.6. The molecular formula is C7H10N2O2S. The molecule has 1 N–H and O–H groups in total. The number of aromatic nitrogens is 2. The van der Waals surface area contributed by atoms with E-state index in [0.717, 1.165) is 11.7 Å². The fraction of sp³-hybridized carbons (Fsp3) is 0.571. The number of carboxylic acid groups (broad SMARTS) is 1. The van der Waals surface area contributed by atoms with Gasteiger partial charge in [0.25, 0.3) is 0 Å². The van der Waals surface area contributed by atoms with E-state index in [9.17, 15) is 4.79 Å². The third-order valence-corrected chi connectivity index (χ3v) is 1.93. The molecule has 66 valence electrons. The minimum absolute atomic E-state index is 0.105. The Bertz CT molecular complexity index is 283. The van der Waals surface area contributed by atoms with Crippen LogP contribution in [0.2, 0.25) is 0 Å². The number of rotatable bonds is 3. The molecule has 1 rings (SSSR count). The van der Waals surface area contributed by atoms with E-state index in [4.69, 9.17) is 5.11 Å². The largest absolute Gasteiger partial charge is 0.476 e. The number of hydrogen-bond acceptors (Lipinski definition) is 4. The maximum Gasteiger partial charge on any atom is 0.357 e. The third-order valence-electron chi connectivity index (χ3n) is 1.36. The van der Waals surface area contributed by atoms with E-state index in [1.165, 1.54) is 0 Å². The van der Waals surface area contributed by atoms with Crippen LogP contribution in [0.15, 0.2) is 0 Å². The smallest absolute Gasteiger partial charge is 0.357 e. The second-order valence-corrected chi connectivity index (χ2v) is 3.49. The van der Waals surface area contributed by atoms with Gasteiger partial charge in [-0.2, -0.15) is 8.75 Å². The Hall–Kier alpha value is -0.970. The average molecular weight is 186 g/mol. The van der Waals surface area contributed by atoms with Crippen molar-refractivity contribution in [3.05, 3.63) is 11.4 Å². The van der Waals surface area contributed by atoms with E-state index in [2.05, 4.69) is 8.75 Å². The Labute approximate surface area is 74.6 Å². The Morgan fingerprint density at radius 3 is 2.75 bits per heavy atom. The fourth-order valence-electron chi connectivity index (χ4n) is 0.890. The predicted molar refractivity (Wildman–Crippen MR) is 45.4 cm³/mol. The fourth-order valence-corrected chi connectivity index (χ4v) is 1.46. The van der Waals surface area contributed by atoms with Gasteiger partial charge in [-0.25, -0.2) is 4.79 Å². The van der Waals surface area contributed by atoms with Gasteiger partial charge in [0, 0.05) is 0 Å². The lowest BCUT2D eigenvalue weighted by atomic mass is 10.1. The van der Waals surface area contributed by atoms with E-state index < -0.39 is 5.97 Å². The van der Waals surface area contributed by atoms with Crippen molar-refractivity contribution in [2.75, 3.05) is 0 Å². The van der Waals surface area contributed by atoms with Gasteiger partial charge in [-0.15, -0.1) is 0 Å². The number of carbonyl (C=O) groups is 1. The van der Waals surface area contributed by atoms with Gasteiger partial charge in [-0.3, -0.25) is 0 Å². The van der Waals surface area contributed by atoms with Crippen LogP contribution >= 0.6 is 11.7 Å². The SMILES string of the molecule is CC(C)Cc1nsnc1C(=O)O. The Kier molecular flexibility index (Phi) is 2.75. The van der Waals surface area contributed by atoms with Crippen LogP contribution < -0.4 is 0 Å². The lowest BCUT2D eigenvalue weighted by molar-refractivity contribution is 0.0690. The number of aromatic carboxylic acids is 1. The van der Waals surface area contributed by atoms with Crippen molar-refractivity contribution in [2.24, 2.45) is 5.92 Å². The highest BCUT2D eigenvalue weighted by molar-refractivity contribution is 6.99. The zero-order chi connectivity index (χ0) is 9.14. The molecule has 0 unspecified atom stereocenters. The minimum Gasteiger partial charge on any atom is -0.476 e. The van der Waals surface area contributed by atoms with Crippen molar-refractivity contribution in [2.45, 2.75) is 20.3 Å². The zero-order valence-electron chi connectivity index (χ0n) is 6.94. The van der Waals surface area contributed by atoms with Crippen LogP contribution in [0, 0.1) is 5.92 Å². The molecule has 0 bridgehead atoms. The highest BCUT2D eigenvalue weighted by Gasteiger charge is 2.15. The molecule has 0 saturated heterocycles. The van der Waals surface area contributed by atoms with Gasteiger partial charge in [-0.1, -0.05) is 13.8 Å². The normalized spacial score (nSPS) is 10.6. The van der Waals surface area contributed by atoms with Crippen LogP contribution in [0.25, 0.3) is 0 Å². The van der Waals surface area contributed by atoms with Crippen molar-refractivity contribution in [1.29, 1.82) is 0 Å². The van der Waals surface area contributed by atoms with E-state index in [1.807, 2.05) is 13.8 Å². The quantitative estimate of drug-likeness (QED) is 0.775. The summed E-state index contributed by atoms with van der Waals surface area (Å²) in [7, 11) is 0. The van der Waals surface area contributed by atoms with Gasteiger partial charge in [0.15, 0.2) is 5.69 Å². The summed E-state index contributed by atoms with van der Waals surface area (Å²) in [5.74, 6) is -0.577. The van der Waals surface area contributed by atoms with Crippen molar-refractivity contribution in [3.63, 3.8) is 0 Å². The van der Waals surface area contributed by atoms with Crippen LogP contribution in [-0.2, 0) is 6.42 Å². The summed E-state index contributed by atoms with van der Waals surface area (Å²) in [6.45, 7) is 4.04. The first kappa shape index (κ1) is 9.12. The molecule has 0 aliphatic rings. The van der Waals surface area contributed by atoms with Crippen LogP contribution in [-0.4, -0.2) is 19.8 Å². The zero-order valence-corrected chi connectivity index (χ0v) is 7.76. The third kappa shape index (κ3) is 2.01. The van der Waals surface area contributed by atoms with Crippen LogP contribution in [0.5, 0.6) is 0 Å². The van der Waals surface area contributed by atoms with Gasteiger partial charge < -0.3 is 5.11 Å². The van der Waals surface area contributed by atoms with E-state index in [1.54, 1.807) is 0 Å². The lowest BCUT2D eigenvalue weighted by Gasteiger charge is -1.99. The first-order valence-corrected chi connectivity index (χ1v) is 4.39. The summed E-state index contributed by atoms with van der Waals surface area (Å²) in [5.41, 5.74) is 0.705. The van der Waals surface area contributed by atoms with E-state index >= 15 is 0 Å². The van der Waals surface area contributed by atoms with Crippen LogP contribution in [0.4, 0.5) is 0 Å². The molecule has 0 fully saturated rings. The van der Waals surface area contributed by atoms with Gasteiger partial charge in [0.1, 0.15) is 0 Å². The van der Waals surface area contributed by atoms with E-state index in [-0.39, 0.29) is 5.69 Å². The Morgan fingerprint density at radius 1 is 1.58 bits per heavy atom. The highest BCUT2D eigenvalue weighted by Crippen LogP contribution is 2.11. The molecule has 0 radical (unpaired) electrons. The summed E-state index contributed by atoms with van der Waals surface area (Å²) in [6.07, 6.45) is 0.679. The molecule has 1 aromatic heterocycles. The Morgan fingerprint density at radius 2 is 2.25 bits per heavy atom. The number of carboxylic acids is 1. The summed E-state index contributed by atoms with van der Waals surface area (Å²) in [6, 6.07) is 0. The summed E-state index contributed by atoms with van der Waals surface area (Å²) < 4.78 is 7.63. The number of nitrogens with zero attached hydrogens (tertiary/aromatic N) is 2. The summed E-state index contributed by atoms with van der Waals surface area (Å²) in [4.78, 5) is 10.6. The molecule has 0 aromatic carbocycles. The first-order valence-electron chi connectivity index (χ1n) is 3.66. The molecule has 4 nitrogen and oxygen atoms in total. The lowest BCUT2D eigenvalue weighted by Crippen LogP contribution is -2.04. The molecular weight excluding hydrogens is 176 g/mol. The van der Waals surface area contributed by atoms with Gasteiger partial charge in [-0.05, 0) is 12.3 Å². The highest BCUT2D eigenvalue weighted by atomic mass is 32.1. The molecule has 0 aliphatic carbocycles. The second kappa shape index (κ2) is 3.62. The molecule has 1 heterocycles. The molecule has 0 atom stereocenters. The van der Waals surface area contributed by atoms with E-state index in [0.29, 0.717) is 18.0 Å². The first-order chi connectivity index (χ1) is 5.61. The molecule has 0 spiro atoms. The van der Waals surface area contributed by atoms with Gasteiger partial charge in [0.2, 0.25) is 0 Å². The van der Waals surface area contributed by atoms with Crippen molar-refractivity contribution >= 4 is 17.7 Å². The van der Waals surface area contributed by atoms with Crippen LogP contribution in [0.1, 0.15) is 30.0 Å². The molecule has 5 heteroatoms.